The van der Waals surface area contributed by atoms with Gasteiger partial charge in [0.15, 0.2) is 0 Å². The van der Waals surface area contributed by atoms with Gasteiger partial charge in [-0.05, 0) is 44.0 Å². The van der Waals surface area contributed by atoms with Crippen molar-refractivity contribution in [2.75, 3.05) is 13.1 Å². The van der Waals surface area contributed by atoms with Crippen LogP contribution in [-0.4, -0.2) is 29.9 Å². The lowest BCUT2D eigenvalue weighted by atomic mass is 10.0. The summed E-state index contributed by atoms with van der Waals surface area (Å²) >= 11 is 0. The number of nitrogens with zero attached hydrogens (tertiary/aromatic N) is 1. The maximum atomic E-state index is 12.4. The molecule has 1 atom stereocenters. The molecule has 1 fully saturated rings. The molecule has 1 saturated heterocycles. The minimum absolute atomic E-state index is 0.0385. The van der Waals surface area contributed by atoms with E-state index in [9.17, 15) is 4.79 Å². The van der Waals surface area contributed by atoms with E-state index in [-0.39, 0.29) is 11.9 Å². The van der Waals surface area contributed by atoms with Crippen LogP contribution in [-0.2, 0) is 6.54 Å². The molecule has 0 bridgehead atoms. The fraction of sp³-hybridized carbons (Fsp3) is 0.350. The largest absolute Gasteiger partial charge is 0.348 e. The molecular weight excluding hydrogens is 284 g/mol. The van der Waals surface area contributed by atoms with E-state index in [4.69, 9.17) is 0 Å². The van der Waals surface area contributed by atoms with Crippen molar-refractivity contribution in [3.63, 3.8) is 0 Å². The predicted octanol–water partition coefficient (Wildman–Crippen LogP) is 3.39. The van der Waals surface area contributed by atoms with Gasteiger partial charge in [-0.1, -0.05) is 48.0 Å². The monoisotopic (exact) mass is 308 g/mol. The highest BCUT2D eigenvalue weighted by molar-refractivity contribution is 5.94. The molecule has 1 aliphatic rings. The Morgan fingerprint density at radius 3 is 2.61 bits per heavy atom. The summed E-state index contributed by atoms with van der Waals surface area (Å²) in [7, 11) is 0. The molecule has 120 valence electrons. The molecule has 1 N–H and O–H groups in total. The third kappa shape index (κ3) is 4.42. The molecule has 1 heterocycles. The fourth-order valence-electron chi connectivity index (χ4n) is 3.13. The molecule has 1 aliphatic heterocycles. The number of aryl methyl sites for hydroxylation is 1. The van der Waals surface area contributed by atoms with Crippen LogP contribution in [0.25, 0.3) is 0 Å². The van der Waals surface area contributed by atoms with Crippen LogP contribution in [0, 0.1) is 6.92 Å². The SMILES string of the molecule is Cc1ccc(C(=O)N[C@H]2CCCN(Cc3ccccc3)C2)cc1. The van der Waals surface area contributed by atoms with Crippen molar-refractivity contribution in [3.05, 3.63) is 71.3 Å². The molecule has 0 aliphatic carbocycles. The number of likely N-dealkylation sites (tertiary alicyclic amines) is 1. The molecule has 0 unspecified atom stereocenters. The summed E-state index contributed by atoms with van der Waals surface area (Å²) in [4.78, 5) is 14.8. The minimum atomic E-state index is 0.0385. The third-order valence-electron chi connectivity index (χ3n) is 4.40. The van der Waals surface area contributed by atoms with Gasteiger partial charge in [0, 0.05) is 24.7 Å². The predicted molar refractivity (Wildman–Crippen MR) is 93.4 cm³/mol. The van der Waals surface area contributed by atoms with Crippen molar-refractivity contribution >= 4 is 5.91 Å². The number of hydrogen-bond acceptors (Lipinski definition) is 2. The van der Waals surface area contributed by atoms with Gasteiger partial charge >= 0.3 is 0 Å². The van der Waals surface area contributed by atoms with E-state index in [1.165, 1.54) is 11.1 Å². The van der Waals surface area contributed by atoms with E-state index in [2.05, 4.69) is 34.5 Å². The van der Waals surface area contributed by atoms with Crippen LogP contribution in [0.4, 0.5) is 0 Å². The van der Waals surface area contributed by atoms with Crippen LogP contribution in [0.2, 0.25) is 0 Å². The first kappa shape index (κ1) is 15.8. The summed E-state index contributed by atoms with van der Waals surface area (Å²) in [6.07, 6.45) is 2.19. The zero-order valence-corrected chi connectivity index (χ0v) is 13.7. The Bertz CT molecular complexity index is 636. The standard InChI is InChI=1S/C20H24N2O/c1-16-9-11-18(12-10-16)20(23)21-19-8-5-13-22(15-19)14-17-6-3-2-4-7-17/h2-4,6-7,9-12,19H,5,8,13-15H2,1H3,(H,21,23)/t19-/m0/s1. The zero-order valence-electron chi connectivity index (χ0n) is 13.7. The normalized spacial score (nSPS) is 18.6. The van der Waals surface area contributed by atoms with Crippen molar-refractivity contribution in [3.8, 4) is 0 Å². The molecule has 0 aromatic heterocycles. The highest BCUT2D eigenvalue weighted by Gasteiger charge is 2.21. The molecule has 0 radical (unpaired) electrons. The summed E-state index contributed by atoms with van der Waals surface area (Å²) in [6.45, 7) is 5.01. The Labute approximate surface area is 138 Å². The van der Waals surface area contributed by atoms with Gasteiger partial charge in [-0.25, -0.2) is 0 Å². The van der Waals surface area contributed by atoms with Gasteiger partial charge in [-0.2, -0.15) is 0 Å². The van der Waals surface area contributed by atoms with Gasteiger partial charge in [0.25, 0.3) is 5.91 Å². The maximum Gasteiger partial charge on any atom is 0.251 e. The fourth-order valence-corrected chi connectivity index (χ4v) is 3.13. The minimum Gasteiger partial charge on any atom is -0.348 e. The number of piperidine rings is 1. The number of nitrogens with one attached hydrogen (secondary N) is 1. The molecule has 1 amide bonds. The van der Waals surface area contributed by atoms with E-state index in [0.29, 0.717) is 0 Å². The molecule has 0 saturated carbocycles. The lowest BCUT2D eigenvalue weighted by molar-refractivity contribution is 0.0901. The Balaban J connectivity index is 1.56. The molecule has 2 aromatic rings. The lowest BCUT2D eigenvalue weighted by Gasteiger charge is -2.33. The van der Waals surface area contributed by atoms with Crippen molar-refractivity contribution in [2.45, 2.75) is 32.4 Å². The van der Waals surface area contributed by atoms with Crippen LogP contribution in [0.5, 0.6) is 0 Å². The second kappa shape index (κ2) is 7.42. The Hall–Kier alpha value is -2.13. The van der Waals surface area contributed by atoms with Crippen LogP contribution in [0.1, 0.15) is 34.3 Å². The quantitative estimate of drug-likeness (QED) is 0.939. The second-order valence-corrected chi connectivity index (χ2v) is 6.40. The first-order valence-corrected chi connectivity index (χ1v) is 8.34. The van der Waals surface area contributed by atoms with Crippen molar-refractivity contribution < 1.29 is 4.79 Å². The summed E-state index contributed by atoms with van der Waals surface area (Å²) in [5.41, 5.74) is 3.25. The Kier molecular flexibility index (Phi) is 5.09. The van der Waals surface area contributed by atoms with Crippen LogP contribution in [0.3, 0.4) is 0 Å². The van der Waals surface area contributed by atoms with Gasteiger partial charge < -0.3 is 5.32 Å². The molecule has 3 heteroatoms. The van der Waals surface area contributed by atoms with Crippen LogP contribution in [0.15, 0.2) is 54.6 Å². The topological polar surface area (TPSA) is 32.3 Å². The van der Waals surface area contributed by atoms with Gasteiger partial charge in [-0.3, -0.25) is 9.69 Å². The van der Waals surface area contributed by atoms with E-state index in [1.54, 1.807) is 0 Å². The summed E-state index contributed by atoms with van der Waals surface area (Å²) in [5.74, 6) is 0.0385. The summed E-state index contributed by atoms with van der Waals surface area (Å²) < 4.78 is 0. The van der Waals surface area contributed by atoms with Crippen molar-refractivity contribution in [1.29, 1.82) is 0 Å². The first-order valence-electron chi connectivity index (χ1n) is 8.34. The smallest absolute Gasteiger partial charge is 0.251 e. The van der Waals surface area contributed by atoms with Gasteiger partial charge in [0.1, 0.15) is 0 Å². The van der Waals surface area contributed by atoms with E-state index in [1.807, 2.05) is 37.3 Å². The summed E-state index contributed by atoms with van der Waals surface area (Å²) in [5, 5.41) is 3.19. The number of benzene rings is 2. The molecule has 3 rings (SSSR count). The van der Waals surface area contributed by atoms with Crippen LogP contribution >= 0.6 is 0 Å². The Morgan fingerprint density at radius 1 is 1.13 bits per heavy atom. The van der Waals surface area contributed by atoms with E-state index in [0.717, 1.165) is 38.0 Å². The highest BCUT2D eigenvalue weighted by Crippen LogP contribution is 2.14. The molecule has 3 nitrogen and oxygen atoms in total. The number of rotatable bonds is 4. The number of carbonyl (C=O) groups excluding carboxylic acids is 1. The molecule has 23 heavy (non-hydrogen) atoms. The lowest BCUT2D eigenvalue weighted by Crippen LogP contribution is -2.47. The third-order valence-corrected chi connectivity index (χ3v) is 4.40. The highest BCUT2D eigenvalue weighted by atomic mass is 16.1. The van der Waals surface area contributed by atoms with Gasteiger partial charge in [0.05, 0.1) is 0 Å². The van der Waals surface area contributed by atoms with Crippen molar-refractivity contribution in [2.24, 2.45) is 0 Å². The Morgan fingerprint density at radius 2 is 1.87 bits per heavy atom. The zero-order chi connectivity index (χ0) is 16.1. The second-order valence-electron chi connectivity index (χ2n) is 6.40. The van der Waals surface area contributed by atoms with Crippen molar-refractivity contribution in [1.82, 2.24) is 10.2 Å². The van der Waals surface area contributed by atoms with E-state index < -0.39 is 0 Å². The molecule has 0 spiro atoms. The van der Waals surface area contributed by atoms with Crippen LogP contribution < -0.4 is 5.32 Å². The molecular formula is C20H24N2O. The number of carbonyl (C=O) groups is 1. The maximum absolute atomic E-state index is 12.4. The average molecular weight is 308 g/mol. The molecule has 2 aromatic carbocycles. The van der Waals surface area contributed by atoms with Gasteiger partial charge in [-0.15, -0.1) is 0 Å². The average Bonchev–Trinajstić information content (AvgIpc) is 2.57. The number of hydrogen-bond donors (Lipinski definition) is 1. The number of amides is 1. The summed E-state index contributed by atoms with van der Waals surface area (Å²) in [6, 6.07) is 18.5. The van der Waals surface area contributed by atoms with Gasteiger partial charge in [0.2, 0.25) is 0 Å². The van der Waals surface area contributed by atoms with E-state index >= 15 is 0 Å². The first-order chi connectivity index (χ1) is 11.2.